The minimum Gasteiger partial charge on any atom is -0.377 e. The molecule has 0 fully saturated rings. The molecule has 0 bridgehead atoms. The van der Waals surface area contributed by atoms with E-state index in [0.717, 1.165) is 12.1 Å². The Morgan fingerprint density at radius 2 is 1.94 bits per heavy atom. The highest BCUT2D eigenvalue weighted by Crippen LogP contribution is 2.12. The fraction of sp³-hybridized carbons (Fsp3) is 0.500. The molecule has 1 aromatic rings. The van der Waals surface area contributed by atoms with Crippen molar-refractivity contribution in [2.24, 2.45) is 0 Å². The standard InChI is InChI=1S/C12H18N2O3/c1-12(2,17-3)9-13-8-10-4-6-11(7-5-10)14(15)16/h4-7,13H,8-9H2,1-3H3. The van der Waals surface area contributed by atoms with Gasteiger partial charge in [-0.15, -0.1) is 0 Å². The first-order valence-electron chi connectivity index (χ1n) is 5.44. The first-order chi connectivity index (χ1) is 7.94. The number of nitrogens with zero attached hydrogens (tertiary/aromatic N) is 1. The predicted octanol–water partition coefficient (Wildman–Crippen LogP) is 2.11. The molecule has 0 amide bonds. The number of hydrogen-bond donors (Lipinski definition) is 1. The summed E-state index contributed by atoms with van der Waals surface area (Å²) < 4.78 is 5.27. The highest BCUT2D eigenvalue weighted by atomic mass is 16.6. The van der Waals surface area contributed by atoms with E-state index in [2.05, 4.69) is 5.32 Å². The molecule has 0 aliphatic rings. The molecular weight excluding hydrogens is 220 g/mol. The zero-order chi connectivity index (χ0) is 12.9. The number of rotatable bonds is 6. The summed E-state index contributed by atoms with van der Waals surface area (Å²) in [7, 11) is 1.67. The fourth-order valence-corrected chi connectivity index (χ4v) is 1.32. The summed E-state index contributed by atoms with van der Waals surface area (Å²) in [5, 5.41) is 13.7. The van der Waals surface area contributed by atoms with Gasteiger partial charge in [-0.25, -0.2) is 0 Å². The average molecular weight is 238 g/mol. The number of non-ortho nitro benzene ring substituents is 1. The molecule has 17 heavy (non-hydrogen) atoms. The van der Waals surface area contributed by atoms with Gasteiger partial charge in [0.25, 0.3) is 5.69 Å². The van der Waals surface area contributed by atoms with Crippen LogP contribution in [0.5, 0.6) is 0 Å². The van der Waals surface area contributed by atoms with Crippen LogP contribution in [-0.2, 0) is 11.3 Å². The summed E-state index contributed by atoms with van der Waals surface area (Å²) in [6, 6.07) is 6.53. The van der Waals surface area contributed by atoms with Crippen LogP contribution >= 0.6 is 0 Å². The molecule has 0 heterocycles. The van der Waals surface area contributed by atoms with Gasteiger partial charge in [0, 0.05) is 32.3 Å². The molecule has 0 aliphatic carbocycles. The minimum atomic E-state index is -0.398. The van der Waals surface area contributed by atoms with E-state index in [-0.39, 0.29) is 11.3 Å². The third kappa shape index (κ3) is 4.50. The Bertz CT molecular complexity index is 374. The Balaban J connectivity index is 2.45. The van der Waals surface area contributed by atoms with Gasteiger partial charge in [-0.3, -0.25) is 10.1 Å². The lowest BCUT2D eigenvalue weighted by molar-refractivity contribution is -0.384. The molecule has 5 heteroatoms. The Labute approximate surface area is 101 Å². The zero-order valence-electron chi connectivity index (χ0n) is 10.4. The van der Waals surface area contributed by atoms with E-state index in [1.807, 2.05) is 13.8 Å². The first-order valence-corrected chi connectivity index (χ1v) is 5.44. The molecular formula is C12H18N2O3. The second-order valence-corrected chi connectivity index (χ2v) is 4.49. The second-order valence-electron chi connectivity index (χ2n) is 4.49. The van der Waals surface area contributed by atoms with Crippen LogP contribution in [0.25, 0.3) is 0 Å². The Morgan fingerprint density at radius 3 is 2.41 bits per heavy atom. The molecule has 0 aromatic heterocycles. The smallest absolute Gasteiger partial charge is 0.269 e. The van der Waals surface area contributed by atoms with E-state index in [1.54, 1.807) is 19.2 Å². The molecule has 1 aromatic carbocycles. The van der Waals surface area contributed by atoms with Crippen LogP contribution in [0, 0.1) is 10.1 Å². The number of methoxy groups -OCH3 is 1. The maximum atomic E-state index is 10.5. The summed E-state index contributed by atoms with van der Waals surface area (Å²) in [6.45, 7) is 5.39. The van der Waals surface area contributed by atoms with Crippen LogP contribution in [0.3, 0.4) is 0 Å². The molecule has 0 radical (unpaired) electrons. The number of nitro benzene ring substituents is 1. The van der Waals surface area contributed by atoms with Crippen molar-refractivity contribution < 1.29 is 9.66 Å². The van der Waals surface area contributed by atoms with Gasteiger partial charge in [-0.05, 0) is 19.4 Å². The van der Waals surface area contributed by atoms with E-state index in [9.17, 15) is 10.1 Å². The van der Waals surface area contributed by atoms with Crippen molar-refractivity contribution in [2.45, 2.75) is 26.0 Å². The maximum Gasteiger partial charge on any atom is 0.269 e. The first kappa shape index (κ1) is 13.6. The van der Waals surface area contributed by atoms with Gasteiger partial charge in [-0.2, -0.15) is 0 Å². The minimum absolute atomic E-state index is 0.117. The van der Waals surface area contributed by atoms with Gasteiger partial charge in [-0.1, -0.05) is 12.1 Å². The van der Waals surface area contributed by atoms with E-state index in [1.165, 1.54) is 12.1 Å². The van der Waals surface area contributed by atoms with E-state index in [0.29, 0.717) is 6.54 Å². The Kier molecular flexibility index (Phi) is 4.60. The van der Waals surface area contributed by atoms with Gasteiger partial charge < -0.3 is 10.1 Å². The molecule has 1 rings (SSSR count). The molecule has 94 valence electrons. The van der Waals surface area contributed by atoms with Crippen molar-refractivity contribution in [3.05, 3.63) is 39.9 Å². The predicted molar refractivity (Wildman–Crippen MR) is 65.9 cm³/mol. The van der Waals surface area contributed by atoms with Crippen LogP contribution < -0.4 is 5.32 Å². The van der Waals surface area contributed by atoms with Gasteiger partial charge in [0.15, 0.2) is 0 Å². The number of ether oxygens (including phenoxy) is 1. The molecule has 0 saturated heterocycles. The lowest BCUT2D eigenvalue weighted by Crippen LogP contribution is -2.36. The number of nitrogens with one attached hydrogen (secondary N) is 1. The average Bonchev–Trinajstić information content (AvgIpc) is 2.29. The zero-order valence-corrected chi connectivity index (χ0v) is 10.4. The lowest BCUT2D eigenvalue weighted by Gasteiger charge is -2.23. The van der Waals surface area contributed by atoms with Gasteiger partial charge >= 0.3 is 0 Å². The maximum absolute atomic E-state index is 10.5. The number of benzene rings is 1. The quantitative estimate of drug-likeness (QED) is 0.609. The van der Waals surface area contributed by atoms with Crippen molar-refractivity contribution in [3.8, 4) is 0 Å². The summed E-state index contributed by atoms with van der Waals surface area (Å²) >= 11 is 0. The second kappa shape index (κ2) is 5.75. The van der Waals surface area contributed by atoms with Crippen LogP contribution in [-0.4, -0.2) is 24.2 Å². The lowest BCUT2D eigenvalue weighted by atomic mass is 10.1. The highest BCUT2D eigenvalue weighted by molar-refractivity contribution is 5.32. The summed E-state index contributed by atoms with van der Waals surface area (Å²) in [4.78, 5) is 10.1. The van der Waals surface area contributed by atoms with Gasteiger partial charge in [0.05, 0.1) is 10.5 Å². The molecule has 0 saturated carbocycles. The Morgan fingerprint density at radius 1 is 1.35 bits per heavy atom. The van der Waals surface area contributed by atoms with Crippen LogP contribution in [0.1, 0.15) is 19.4 Å². The van der Waals surface area contributed by atoms with Crippen molar-refractivity contribution in [3.63, 3.8) is 0 Å². The van der Waals surface area contributed by atoms with Crippen molar-refractivity contribution in [1.82, 2.24) is 5.32 Å². The normalized spacial score (nSPS) is 11.5. The van der Waals surface area contributed by atoms with Crippen molar-refractivity contribution >= 4 is 5.69 Å². The molecule has 5 nitrogen and oxygen atoms in total. The number of nitro groups is 1. The third-order valence-electron chi connectivity index (χ3n) is 2.58. The third-order valence-corrected chi connectivity index (χ3v) is 2.58. The molecule has 0 aliphatic heterocycles. The SMILES string of the molecule is COC(C)(C)CNCc1ccc([N+](=O)[O-])cc1. The van der Waals surface area contributed by atoms with E-state index < -0.39 is 4.92 Å². The van der Waals surface area contributed by atoms with Gasteiger partial charge in [0.2, 0.25) is 0 Å². The highest BCUT2D eigenvalue weighted by Gasteiger charge is 2.15. The summed E-state index contributed by atoms with van der Waals surface area (Å²) in [5.41, 5.74) is 0.925. The van der Waals surface area contributed by atoms with Crippen LogP contribution in [0.4, 0.5) is 5.69 Å². The Hall–Kier alpha value is -1.46. The summed E-state index contributed by atoms with van der Waals surface area (Å²) in [6.07, 6.45) is 0. The molecule has 1 N–H and O–H groups in total. The molecule has 0 atom stereocenters. The van der Waals surface area contributed by atoms with Crippen molar-refractivity contribution in [1.29, 1.82) is 0 Å². The van der Waals surface area contributed by atoms with E-state index in [4.69, 9.17) is 4.74 Å². The largest absolute Gasteiger partial charge is 0.377 e. The monoisotopic (exact) mass is 238 g/mol. The molecule has 0 unspecified atom stereocenters. The number of hydrogen-bond acceptors (Lipinski definition) is 4. The van der Waals surface area contributed by atoms with Crippen LogP contribution in [0.2, 0.25) is 0 Å². The van der Waals surface area contributed by atoms with Crippen LogP contribution in [0.15, 0.2) is 24.3 Å². The van der Waals surface area contributed by atoms with Gasteiger partial charge in [0.1, 0.15) is 0 Å². The topological polar surface area (TPSA) is 64.4 Å². The fourth-order valence-electron chi connectivity index (χ4n) is 1.32. The molecule has 0 spiro atoms. The van der Waals surface area contributed by atoms with E-state index >= 15 is 0 Å². The summed E-state index contributed by atoms with van der Waals surface area (Å²) in [5.74, 6) is 0. The van der Waals surface area contributed by atoms with Crippen molar-refractivity contribution in [2.75, 3.05) is 13.7 Å².